The highest BCUT2D eigenvalue weighted by atomic mass is 79.9. The minimum atomic E-state index is 0.0456. The minimum absolute atomic E-state index is 0.0456. The Morgan fingerprint density at radius 3 is 2.55 bits per heavy atom. The Balaban J connectivity index is 2.25. The molecule has 0 spiro atoms. The van der Waals surface area contributed by atoms with E-state index in [1.165, 1.54) is 43.2 Å². The number of ether oxygens (including phenoxy) is 1. The molecule has 3 heteroatoms. The Labute approximate surface area is 136 Å². The summed E-state index contributed by atoms with van der Waals surface area (Å²) in [7, 11) is 1.74. The quantitative estimate of drug-likeness (QED) is 0.571. The van der Waals surface area contributed by atoms with E-state index in [0.29, 0.717) is 0 Å². The van der Waals surface area contributed by atoms with Crippen LogP contribution in [0.5, 0.6) is 5.75 Å². The molecule has 1 aromatic carbocycles. The van der Waals surface area contributed by atoms with Crippen LogP contribution >= 0.6 is 27.5 Å². The Kier molecular flexibility index (Phi) is 5.80. The van der Waals surface area contributed by atoms with Crippen LogP contribution in [0.1, 0.15) is 60.6 Å². The first-order chi connectivity index (χ1) is 9.54. The fourth-order valence-corrected chi connectivity index (χ4v) is 4.43. The van der Waals surface area contributed by atoms with Gasteiger partial charge in [0.05, 0.1) is 12.5 Å². The summed E-state index contributed by atoms with van der Waals surface area (Å²) in [5, 5.41) is 0.0456. The predicted octanol–water partition coefficient (Wildman–Crippen LogP) is 6.32. The Morgan fingerprint density at radius 1 is 1.30 bits per heavy atom. The number of hydrogen-bond donors (Lipinski definition) is 0. The molecule has 20 heavy (non-hydrogen) atoms. The molecule has 1 fully saturated rings. The van der Waals surface area contributed by atoms with Gasteiger partial charge in [0.25, 0.3) is 0 Å². The van der Waals surface area contributed by atoms with Crippen LogP contribution in [0.2, 0.25) is 0 Å². The molecule has 0 bridgehead atoms. The molecule has 0 aliphatic heterocycles. The van der Waals surface area contributed by atoms with Crippen LogP contribution in [0, 0.1) is 19.8 Å². The van der Waals surface area contributed by atoms with Gasteiger partial charge in [-0.3, -0.25) is 0 Å². The molecular weight excluding hydrogens is 336 g/mol. The third-order valence-electron chi connectivity index (χ3n) is 4.49. The molecule has 1 atom stereocenters. The van der Waals surface area contributed by atoms with E-state index in [0.717, 1.165) is 28.1 Å². The monoisotopic (exact) mass is 358 g/mol. The SMILES string of the molecule is COc1c(C)cc(Br)c(C)c1C(Cl)CC1CCCCC1. The van der Waals surface area contributed by atoms with Crippen LogP contribution in [0.25, 0.3) is 0 Å². The zero-order chi connectivity index (χ0) is 14.7. The third-order valence-corrected chi connectivity index (χ3v) is 5.71. The van der Waals surface area contributed by atoms with Crippen LogP contribution in [0.15, 0.2) is 10.5 Å². The van der Waals surface area contributed by atoms with Crippen molar-refractivity contribution in [3.8, 4) is 5.75 Å². The van der Waals surface area contributed by atoms with E-state index >= 15 is 0 Å². The van der Waals surface area contributed by atoms with Crippen molar-refractivity contribution in [2.24, 2.45) is 5.92 Å². The molecule has 0 radical (unpaired) electrons. The summed E-state index contributed by atoms with van der Waals surface area (Å²) in [5.41, 5.74) is 3.53. The fraction of sp³-hybridized carbons (Fsp3) is 0.647. The molecule has 0 heterocycles. The first-order valence-electron chi connectivity index (χ1n) is 7.52. The second kappa shape index (κ2) is 7.17. The van der Waals surface area contributed by atoms with Crippen molar-refractivity contribution in [3.05, 3.63) is 27.2 Å². The molecular formula is C17H24BrClO. The van der Waals surface area contributed by atoms with Crippen molar-refractivity contribution in [1.29, 1.82) is 0 Å². The van der Waals surface area contributed by atoms with Crippen LogP contribution in [0.3, 0.4) is 0 Å². The lowest BCUT2D eigenvalue weighted by molar-refractivity contribution is 0.333. The van der Waals surface area contributed by atoms with E-state index in [1.807, 2.05) is 0 Å². The van der Waals surface area contributed by atoms with Crippen LogP contribution in [-0.4, -0.2) is 7.11 Å². The van der Waals surface area contributed by atoms with Gasteiger partial charge in [0.2, 0.25) is 0 Å². The highest BCUT2D eigenvalue weighted by molar-refractivity contribution is 9.10. The standard InChI is InChI=1S/C17H24BrClO/c1-11-9-14(18)12(2)16(17(11)20-3)15(19)10-13-7-5-4-6-8-13/h9,13,15H,4-8,10H2,1-3H3. The number of rotatable bonds is 4. The fourth-order valence-electron chi connectivity index (χ4n) is 3.36. The van der Waals surface area contributed by atoms with Gasteiger partial charge in [-0.15, -0.1) is 11.6 Å². The second-order valence-electron chi connectivity index (χ2n) is 5.95. The van der Waals surface area contributed by atoms with Crippen molar-refractivity contribution in [3.63, 3.8) is 0 Å². The summed E-state index contributed by atoms with van der Waals surface area (Å²) in [6.45, 7) is 4.20. The van der Waals surface area contributed by atoms with Gasteiger partial charge >= 0.3 is 0 Å². The third kappa shape index (κ3) is 3.51. The molecule has 1 aliphatic rings. The van der Waals surface area contributed by atoms with Gasteiger partial charge in [0, 0.05) is 10.0 Å². The van der Waals surface area contributed by atoms with Crippen LogP contribution in [-0.2, 0) is 0 Å². The van der Waals surface area contributed by atoms with Gasteiger partial charge in [0.1, 0.15) is 5.75 Å². The number of methoxy groups -OCH3 is 1. The zero-order valence-electron chi connectivity index (χ0n) is 12.6. The normalized spacial score (nSPS) is 18.1. The number of hydrogen-bond acceptors (Lipinski definition) is 1. The number of aryl methyl sites for hydroxylation is 1. The summed E-state index contributed by atoms with van der Waals surface area (Å²) >= 11 is 10.4. The lowest BCUT2D eigenvalue weighted by Crippen LogP contribution is -2.10. The van der Waals surface area contributed by atoms with Gasteiger partial charge in [0.15, 0.2) is 0 Å². The maximum absolute atomic E-state index is 6.77. The van der Waals surface area contributed by atoms with Crippen LogP contribution in [0.4, 0.5) is 0 Å². The van der Waals surface area contributed by atoms with E-state index in [2.05, 4.69) is 35.8 Å². The molecule has 1 unspecified atom stereocenters. The summed E-state index contributed by atoms with van der Waals surface area (Å²) in [4.78, 5) is 0. The molecule has 1 aromatic rings. The molecule has 1 aliphatic carbocycles. The van der Waals surface area contributed by atoms with Crippen molar-refractivity contribution >= 4 is 27.5 Å². The molecule has 0 amide bonds. The van der Waals surface area contributed by atoms with E-state index < -0.39 is 0 Å². The number of benzene rings is 1. The van der Waals surface area contributed by atoms with Gasteiger partial charge < -0.3 is 4.74 Å². The van der Waals surface area contributed by atoms with Gasteiger partial charge in [-0.05, 0) is 43.4 Å². The molecule has 2 rings (SSSR count). The second-order valence-corrected chi connectivity index (χ2v) is 7.34. The molecule has 0 N–H and O–H groups in total. The maximum atomic E-state index is 6.77. The van der Waals surface area contributed by atoms with Crippen molar-refractivity contribution < 1.29 is 4.74 Å². The van der Waals surface area contributed by atoms with E-state index in [1.54, 1.807) is 7.11 Å². The van der Waals surface area contributed by atoms with Gasteiger partial charge in [-0.25, -0.2) is 0 Å². The molecule has 0 aromatic heterocycles. The van der Waals surface area contributed by atoms with Gasteiger partial charge in [-0.2, -0.15) is 0 Å². The topological polar surface area (TPSA) is 9.23 Å². The smallest absolute Gasteiger partial charge is 0.126 e. The average molecular weight is 360 g/mol. The molecule has 1 nitrogen and oxygen atoms in total. The van der Waals surface area contributed by atoms with Crippen LogP contribution < -0.4 is 4.74 Å². The number of halogens is 2. The maximum Gasteiger partial charge on any atom is 0.126 e. The predicted molar refractivity (Wildman–Crippen MR) is 90.0 cm³/mol. The zero-order valence-corrected chi connectivity index (χ0v) is 15.0. The Hall–Kier alpha value is -0.210. The Morgan fingerprint density at radius 2 is 1.95 bits per heavy atom. The lowest BCUT2D eigenvalue weighted by Gasteiger charge is -2.26. The minimum Gasteiger partial charge on any atom is -0.496 e. The van der Waals surface area contributed by atoms with E-state index in [9.17, 15) is 0 Å². The number of alkyl halides is 1. The summed E-state index contributed by atoms with van der Waals surface area (Å²) < 4.78 is 6.74. The van der Waals surface area contributed by atoms with Crippen molar-refractivity contribution in [2.45, 2.75) is 57.7 Å². The highest BCUT2D eigenvalue weighted by Crippen LogP contribution is 2.43. The molecule has 1 saturated carbocycles. The summed E-state index contributed by atoms with van der Waals surface area (Å²) in [5.74, 6) is 1.73. The largest absolute Gasteiger partial charge is 0.496 e. The van der Waals surface area contributed by atoms with E-state index in [-0.39, 0.29) is 5.38 Å². The van der Waals surface area contributed by atoms with Crippen molar-refractivity contribution in [1.82, 2.24) is 0 Å². The first-order valence-corrected chi connectivity index (χ1v) is 8.75. The first kappa shape index (κ1) is 16.2. The lowest BCUT2D eigenvalue weighted by atomic mass is 9.84. The highest BCUT2D eigenvalue weighted by Gasteiger charge is 2.24. The Bertz CT molecular complexity index is 467. The molecule has 0 saturated heterocycles. The van der Waals surface area contributed by atoms with Crippen molar-refractivity contribution in [2.75, 3.05) is 7.11 Å². The summed E-state index contributed by atoms with van der Waals surface area (Å²) in [6, 6.07) is 2.11. The van der Waals surface area contributed by atoms with E-state index in [4.69, 9.17) is 16.3 Å². The average Bonchev–Trinajstić information content (AvgIpc) is 2.43. The molecule has 112 valence electrons. The summed E-state index contributed by atoms with van der Waals surface area (Å²) in [6.07, 6.45) is 7.84. The van der Waals surface area contributed by atoms with Gasteiger partial charge in [-0.1, -0.05) is 48.0 Å².